The van der Waals surface area contributed by atoms with E-state index < -0.39 is 0 Å². The number of rotatable bonds is 6. The number of hydrogen-bond donors (Lipinski definition) is 1. The van der Waals surface area contributed by atoms with E-state index in [1.165, 1.54) is 55.2 Å². The minimum Gasteiger partial charge on any atom is -0.312 e. The van der Waals surface area contributed by atoms with Crippen molar-refractivity contribution in [3.63, 3.8) is 0 Å². The second-order valence-corrected chi connectivity index (χ2v) is 7.93. The first kappa shape index (κ1) is 15.9. The minimum atomic E-state index is 0.178. The van der Waals surface area contributed by atoms with Crippen LogP contribution < -0.4 is 5.32 Å². The number of hydrogen-bond acceptors (Lipinski definition) is 4. The van der Waals surface area contributed by atoms with Crippen molar-refractivity contribution in [2.75, 3.05) is 26.2 Å². The molecule has 0 aliphatic carbocycles. The van der Waals surface area contributed by atoms with Crippen LogP contribution in [0.3, 0.4) is 0 Å². The summed E-state index contributed by atoms with van der Waals surface area (Å²) in [6.45, 7) is 12.6. The van der Waals surface area contributed by atoms with Gasteiger partial charge < -0.3 is 10.2 Å². The first-order valence-electron chi connectivity index (χ1n) is 7.94. The number of nitrogens with one attached hydrogen (secondary N) is 1. The van der Waals surface area contributed by atoms with Gasteiger partial charge in [0.05, 0.1) is 5.01 Å². The first-order valence-corrected chi connectivity index (χ1v) is 8.75. The lowest BCUT2D eigenvalue weighted by Gasteiger charge is -2.26. The van der Waals surface area contributed by atoms with Crippen LogP contribution in [0.1, 0.15) is 56.3 Å². The van der Waals surface area contributed by atoms with Gasteiger partial charge in [0, 0.05) is 23.0 Å². The van der Waals surface area contributed by atoms with Gasteiger partial charge in [-0.1, -0.05) is 27.2 Å². The van der Waals surface area contributed by atoms with Gasteiger partial charge in [-0.15, -0.1) is 11.3 Å². The van der Waals surface area contributed by atoms with E-state index in [-0.39, 0.29) is 5.41 Å². The number of piperidine rings is 1. The van der Waals surface area contributed by atoms with E-state index in [2.05, 4.69) is 36.0 Å². The molecular formula is C16H29N3S. The molecular weight excluding hydrogens is 266 g/mol. The topological polar surface area (TPSA) is 28.2 Å². The summed E-state index contributed by atoms with van der Waals surface area (Å²) in [5, 5.41) is 4.79. The maximum absolute atomic E-state index is 4.53. The molecule has 0 amide bonds. The highest BCUT2D eigenvalue weighted by Gasteiger charge is 2.17. The van der Waals surface area contributed by atoms with Gasteiger partial charge in [0.15, 0.2) is 0 Å². The fourth-order valence-corrected chi connectivity index (χ4v) is 3.50. The average molecular weight is 295 g/mol. The van der Waals surface area contributed by atoms with Gasteiger partial charge in [0.2, 0.25) is 0 Å². The van der Waals surface area contributed by atoms with Crippen molar-refractivity contribution in [2.45, 2.75) is 58.4 Å². The molecule has 1 aliphatic heterocycles. The fraction of sp³-hybridized carbons (Fsp3) is 0.812. The van der Waals surface area contributed by atoms with Crippen molar-refractivity contribution in [3.8, 4) is 0 Å². The Balaban J connectivity index is 1.60. The van der Waals surface area contributed by atoms with Crippen molar-refractivity contribution in [1.29, 1.82) is 0 Å². The lowest BCUT2D eigenvalue weighted by Crippen LogP contribution is -2.32. The summed E-state index contributed by atoms with van der Waals surface area (Å²) in [6, 6.07) is 0. The van der Waals surface area contributed by atoms with E-state index in [4.69, 9.17) is 0 Å². The Bertz CT molecular complexity index is 389. The predicted octanol–water partition coefficient (Wildman–Crippen LogP) is 3.41. The van der Waals surface area contributed by atoms with Crippen LogP contribution in [0.25, 0.3) is 0 Å². The molecule has 4 heteroatoms. The molecule has 0 bridgehead atoms. The summed E-state index contributed by atoms with van der Waals surface area (Å²) in [7, 11) is 0. The lowest BCUT2D eigenvalue weighted by atomic mass is 9.98. The smallest absolute Gasteiger partial charge is 0.0981 e. The third-order valence-corrected chi connectivity index (χ3v) is 5.19. The van der Waals surface area contributed by atoms with E-state index in [1.807, 2.05) is 17.5 Å². The Morgan fingerprint density at radius 3 is 2.65 bits per heavy atom. The summed E-state index contributed by atoms with van der Waals surface area (Å²) in [4.78, 5) is 8.49. The number of thiazole rings is 1. The molecule has 2 rings (SSSR count). The summed E-state index contributed by atoms with van der Waals surface area (Å²) >= 11 is 1.84. The Morgan fingerprint density at radius 2 is 2.00 bits per heavy atom. The summed E-state index contributed by atoms with van der Waals surface area (Å²) in [6.07, 6.45) is 7.50. The third-order valence-electron chi connectivity index (χ3n) is 3.77. The zero-order chi connectivity index (χ0) is 14.4. The highest BCUT2D eigenvalue weighted by Crippen LogP contribution is 2.26. The Kier molecular flexibility index (Phi) is 6.00. The number of aromatic nitrogens is 1. The Labute approximate surface area is 127 Å². The normalized spacial score (nSPS) is 17.6. The van der Waals surface area contributed by atoms with E-state index in [1.54, 1.807) is 0 Å². The lowest BCUT2D eigenvalue weighted by molar-refractivity contribution is 0.225. The zero-order valence-corrected chi connectivity index (χ0v) is 14.1. The molecule has 0 aromatic carbocycles. The standard InChI is InChI=1S/C16H29N3S/c1-16(2,3)15-18-13-14(20-15)12-17-8-7-11-19-9-5-4-6-10-19/h13,17H,4-12H2,1-3H3. The van der Waals surface area contributed by atoms with Gasteiger partial charge >= 0.3 is 0 Å². The van der Waals surface area contributed by atoms with Gasteiger partial charge in [0.1, 0.15) is 0 Å². The van der Waals surface area contributed by atoms with Gasteiger partial charge in [0.25, 0.3) is 0 Å². The molecule has 2 heterocycles. The second kappa shape index (κ2) is 7.53. The summed E-state index contributed by atoms with van der Waals surface area (Å²) in [5.74, 6) is 0. The minimum absolute atomic E-state index is 0.178. The second-order valence-electron chi connectivity index (χ2n) is 6.81. The van der Waals surface area contributed by atoms with Crippen LogP contribution in [-0.4, -0.2) is 36.1 Å². The molecule has 1 fully saturated rings. The fourth-order valence-electron chi connectivity index (χ4n) is 2.56. The molecule has 0 radical (unpaired) electrons. The molecule has 0 spiro atoms. The van der Waals surface area contributed by atoms with Crippen molar-refractivity contribution < 1.29 is 0 Å². The SMILES string of the molecule is CC(C)(C)c1ncc(CNCCCN2CCCCC2)s1. The zero-order valence-electron chi connectivity index (χ0n) is 13.2. The summed E-state index contributed by atoms with van der Waals surface area (Å²) < 4.78 is 0. The van der Waals surface area contributed by atoms with Gasteiger partial charge in [-0.05, 0) is 45.4 Å². The van der Waals surface area contributed by atoms with Crippen molar-refractivity contribution in [2.24, 2.45) is 0 Å². The molecule has 1 saturated heterocycles. The molecule has 0 saturated carbocycles. The van der Waals surface area contributed by atoms with E-state index >= 15 is 0 Å². The molecule has 20 heavy (non-hydrogen) atoms. The van der Waals surface area contributed by atoms with Gasteiger partial charge in [-0.2, -0.15) is 0 Å². The Hall–Kier alpha value is -0.450. The van der Waals surface area contributed by atoms with Gasteiger partial charge in [-0.25, -0.2) is 4.98 Å². The maximum atomic E-state index is 4.53. The molecule has 3 nitrogen and oxygen atoms in total. The van der Waals surface area contributed by atoms with Crippen molar-refractivity contribution in [1.82, 2.24) is 15.2 Å². The molecule has 1 N–H and O–H groups in total. The van der Waals surface area contributed by atoms with Crippen LogP contribution in [0.4, 0.5) is 0 Å². The molecule has 114 valence electrons. The van der Waals surface area contributed by atoms with Crippen LogP contribution in [0.2, 0.25) is 0 Å². The van der Waals surface area contributed by atoms with Crippen LogP contribution in [-0.2, 0) is 12.0 Å². The number of likely N-dealkylation sites (tertiary alicyclic amines) is 1. The predicted molar refractivity (Wildman–Crippen MR) is 87.4 cm³/mol. The molecule has 0 atom stereocenters. The summed E-state index contributed by atoms with van der Waals surface area (Å²) in [5.41, 5.74) is 0.178. The van der Waals surface area contributed by atoms with Crippen LogP contribution in [0, 0.1) is 0 Å². The van der Waals surface area contributed by atoms with Gasteiger partial charge in [-0.3, -0.25) is 0 Å². The van der Waals surface area contributed by atoms with Crippen LogP contribution >= 0.6 is 11.3 Å². The Morgan fingerprint density at radius 1 is 1.25 bits per heavy atom. The van der Waals surface area contributed by atoms with E-state index in [0.717, 1.165) is 13.1 Å². The molecule has 1 aliphatic rings. The first-order chi connectivity index (χ1) is 9.55. The van der Waals surface area contributed by atoms with Crippen LogP contribution in [0.5, 0.6) is 0 Å². The van der Waals surface area contributed by atoms with E-state index in [9.17, 15) is 0 Å². The quantitative estimate of drug-likeness (QED) is 0.815. The van der Waals surface area contributed by atoms with Crippen molar-refractivity contribution >= 4 is 11.3 Å². The van der Waals surface area contributed by atoms with Crippen molar-refractivity contribution in [3.05, 3.63) is 16.1 Å². The van der Waals surface area contributed by atoms with Crippen LogP contribution in [0.15, 0.2) is 6.20 Å². The third kappa shape index (κ3) is 5.15. The van der Waals surface area contributed by atoms with E-state index in [0.29, 0.717) is 0 Å². The number of nitrogens with zero attached hydrogens (tertiary/aromatic N) is 2. The molecule has 1 aromatic heterocycles. The largest absolute Gasteiger partial charge is 0.312 e. The highest BCUT2D eigenvalue weighted by atomic mass is 32.1. The molecule has 1 aromatic rings. The average Bonchev–Trinajstić information content (AvgIpc) is 2.88. The highest BCUT2D eigenvalue weighted by molar-refractivity contribution is 7.11. The monoisotopic (exact) mass is 295 g/mol. The maximum Gasteiger partial charge on any atom is 0.0981 e. The molecule has 0 unspecified atom stereocenters.